The van der Waals surface area contributed by atoms with Crippen molar-refractivity contribution in [2.45, 2.75) is 44.1 Å². The first-order valence-corrected chi connectivity index (χ1v) is 11.3. The number of nitrogens with zero attached hydrogens (tertiary/aromatic N) is 2. The fourth-order valence-electron chi connectivity index (χ4n) is 4.50. The Kier molecular flexibility index (Phi) is 6.75. The van der Waals surface area contributed by atoms with E-state index in [1.165, 1.54) is 24.8 Å². The molecule has 1 aliphatic carbocycles. The van der Waals surface area contributed by atoms with E-state index in [0.717, 1.165) is 49.7 Å². The average molecular weight is 420 g/mol. The molecule has 1 aliphatic heterocycles. The highest BCUT2D eigenvalue weighted by Crippen LogP contribution is 2.43. The van der Waals surface area contributed by atoms with Crippen LogP contribution in [0.15, 0.2) is 59.6 Å². The number of amides is 2. The van der Waals surface area contributed by atoms with Crippen LogP contribution in [0.3, 0.4) is 0 Å². The Balaban J connectivity index is 1.30. The Labute approximate surface area is 185 Å². The molecule has 2 aliphatic rings. The molecule has 1 saturated heterocycles. The normalized spacial score (nSPS) is 17.7. The van der Waals surface area contributed by atoms with E-state index in [1.54, 1.807) is 7.05 Å². The van der Waals surface area contributed by atoms with E-state index in [4.69, 9.17) is 0 Å². The Morgan fingerprint density at radius 1 is 1.00 bits per heavy atom. The zero-order valence-electron chi connectivity index (χ0n) is 18.4. The maximum atomic E-state index is 12.3. The van der Waals surface area contributed by atoms with E-state index in [0.29, 0.717) is 6.54 Å². The second-order valence-electron chi connectivity index (χ2n) is 8.60. The Hall–Kier alpha value is -3.02. The summed E-state index contributed by atoms with van der Waals surface area (Å²) in [6.45, 7) is 3.22. The number of carbonyl (C=O) groups excluding carboxylic acids is 1. The third-order valence-corrected chi connectivity index (χ3v) is 6.55. The molecule has 0 bridgehead atoms. The number of rotatable bonds is 6. The Bertz CT molecular complexity index is 901. The minimum atomic E-state index is -0.00760. The van der Waals surface area contributed by atoms with E-state index in [2.05, 4.69) is 57.3 Å². The first-order chi connectivity index (χ1) is 15.2. The molecular weight excluding hydrogens is 386 g/mol. The lowest BCUT2D eigenvalue weighted by Gasteiger charge is -2.43. The zero-order chi connectivity index (χ0) is 21.5. The molecule has 0 aromatic heterocycles. The molecule has 3 N–H and O–H groups in total. The van der Waals surface area contributed by atoms with Crippen molar-refractivity contribution in [3.63, 3.8) is 0 Å². The van der Waals surface area contributed by atoms with E-state index in [1.807, 2.05) is 23.1 Å². The molecule has 0 radical (unpaired) electrons. The average Bonchev–Trinajstić information content (AvgIpc) is 3.31. The van der Waals surface area contributed by atoms with Gasteiger partial charge in [0.15, 0.2) is 5.96 Å². The Morgan fingerprint density at radius 3 is 2.45 bits per heavy atom. The van der Waals surface area contributed by atoms with Crippen LogP contribution < -0.4 is 16.0 Å². The molecule has 164 valence electrons. The number of carbonyl (C=O) groups is 1. The predicted molar refractivity (Wildman–Crippen MR) is 126 cm³/mol. The van der Waals surface area contributed by atoms with Gasteiger partial charge in [0.05, 0.1) is 0 Å². The fraction of sp³-hybridized carbons (Fsp3) is 0.440. The van der Waals surface area contributed by atoms with Crippen LogP contribution in [-0.2, 0) is 12.0 Å². The molecule has 2 aromatic rings. The number of benzene rings is 2. The summed E-state index contributed by atoms with van der Waals surface area (Å²) in [5.41, 5.74) is 3.55. The van der Waals surface area contributed by atoms with Crippen LogP contribution in [0.5, 0.6) is 0 Å². The lowest BCUT2D eigenvalue weighted by atomic mass is 9.64. The number of anilines is 1. The number of likely N-dealkylation sites (tertiary alicyclic amines) is 1. The molecule has 0 spiro atoms. The van der Waals surface area contributed by atoms with Crippen molar-refractivity contribution in [1.29, 1.82) is 0 Å². The molecule has 1 heterocycles. The maximum absolute atomic E-state index is 12.3. The summed E-state index contributed by atoms with van der Waals surface area (Å²) in [6, 6.07) is 18.8. The van der Waals surface area contributed by atoms with Crippen molar-refractivity contribution in [3.05, 3.63) is 65.7 Å². The molecular formula is C25H33N5O. The molecule has 2 amide bonds. The summed E-state index contributed by atoms with van der Waals surface area (Å²) in [5, 5.41) is 9.95. The third-order valence-electron chi connectivity index (χ3n) is 6.55. The van der Waals surface area contributed by atoms with Crippen LogP contribution in [0.25, 0.3) is 0 Å². The maximum Gasteiger partial charge on any atom is 0.321 e. The van der Waals surface area contributed by atoms with E-state index >= 15 is 0 Å². The molecule has 6 heteroatoms. The van der Waals surface area contributed by atoms with Crippen LogP contribution in [-0.4, -0.2) is 43.6 Å². The van der Waals surface area contributed by atoms with Gasteiger partial charge in [0.1, 0.15) is 0 Å². The molecule has 4 rings (SSSR count). The minimum absolute atomic E-state index is 0.00760. The molecule has 0 unspecified atom stereocenters. The van der Waals surface area contributed by atoms with Gasteiger partial charge in [-0.25, -0.2) is 4.79 Å². The van der Waals surface area contributed by atoms with Gasteiger partial charge in [-0.05, 0) is 48.9 Å². The van der Waals surface area contributed by atoms with Gasteiger partial charge >= 0.3 is 6.03 Å². The van der Waals surface area contributed by atoms with Gasteiger partial charge in [-0.2, -0.15) is 0 Å². The van der Waals surface area contributed by atoms with Gasteiger partial charge in [0, 0.05) is 44.3 Å². The highest BCUT2D eigenvalue weighted by Gasteiger charge is 2.38. The van der Waals surface area contributed by atoms with Gasteiger partial charge in [0.25, 0.3) is 0 Å². The summed E-state index contributed by atoms with van der Waals surface area (Å²) in [4.78, 5) is 18.6. The first kappa shape index (κ1) is 21.2. The smallest absolute Gasteiger partial charge is 0.321 e. The molecule has 2 fully saturated rings. The van der Waals surface area contributed by atoms with Crippen molar-refractivity contribution < 1.29 is 4.79 Å². The summed E-state index contributed by atoms with van der Waals surface area (Å²) in [7, 11) is 1.80. The monoisotopic (exact) mass is 419 g/mol. The molecule has 6 nitrogen and oxygen atoms in total. The lowest BCUT2D eigenvalue weighted by molar-refractivity contribution is 0.222. The quantitative estimate of drug-likeness (QED) is 0.488. The first-order valence-electron chi connectivity index (χ1n) is 11.3. The standard InChI is InChI=1S/C25H33N5O/c1-26-23(28-19-25(13-8-14-25)21-10-3-2-4-11-21)27-18-20-9-7-12-22(17-20)29-24(31)30-15-5-6-16-30/h2-4,7,9-12,17H,5-6,8,13-16,18-19H2,1H3,(H,29,31)(H2,26,27,28). The molecule has 2 aromatic carbocycles. The highest BCUT2D eigenvalue weighted by atomic mass is 16.2. The number of hydrogen-bond acceptors (Lipinski definition) is 2. The number of hydrogen-bond donors (Lipinski definition) is 3. The summed E-state index contributed by atoms with van der Waals surface area (Å²) in [5.74, 6) is 0.800. The van der Waals surface area contributed by atoms with Crippen molar-refractivity contribution >= 4 is 17.7 Å². The number of urea groups is 1. The van der Waals surface area contributed by atoms with Crippen LogP contribution in [0, 0.1) is 0 Å². The Morgan fingerprint density at radius 2 is 1.77 bits per heavy atom. The predicted octanol–water partition coefficient (Wildman–Crippen LogP) is 4.10. The molecule has 1 saturated carbocycles. The van der Waals surface area contributed by atoms with Gasteiger partial charge < -0.3 is 20.9 Å². The number of guanidine groups is 1. The second-order valence-corrected chi connectivity index (χ2v) is 8.60. The van der Waals surface area contributed by atoms with Gasteiger partial charge in [-0.3, -0.25) is 4.99 Å². The second kappa shape index (κ2) is 9.86. The minimum Gasteiger partial charge on any atom is -0.356 e. The van der Waals surface area contributed by atoms with Crippen LogP contribution in [0.2, 0.25) is 0 Å². The van der Waals surface area contributed by atoms with Crippen molar-refractivity contribution in [2.75, 3.05) is 32.0 Å². The van der Waals surface area contributed by atoms with Gasteiger partial charge in [0.2, 0.25) is 0 Å². The van der Waals surface area contributed by atoms with Crippen LogP contribution >= 0.6 is 0 Å². The highest BCUT2D eigenvalue weighted by molar-refractivity contribution is 5.89. The summed E-state index contributed by atoms with van der Waals surface area (Å²) < 4.78 is 0. The SMILES string of the molecule is CN=C(NCc1cccc(NC(=O)N2CCCC2)c1)NCC1(c2ccccc2)CCC1. The van der Waals surface area contributed by atoms with E-state index < -0.39 is 0 Å². The topological polar surface area (TPSA) is 68.8 Å². The fourth-order valence-corrected chi connectivity index (χ4v) is 4.50. The molecule has 31 heavy (non-hydrogen) atoms. The zero-order valence-corrected chi connectivity index (χ0v) is 18.4. The van der Waals surface area contributed by atoms with Crippen LogP contribution in [0.4, 0.5) is 10.5 Å². The van der Waals surface area contributed by atoms with Crippen molar-refractivity contribution in [2.24, 2.45) is 4.99 Å². The lowest BCUT2D eigenvalue weighted by Crippen LogP contribution is -2.48. The number of aliphatic imine (C=N–C) groups is 1. The third kappa shape index (κ3) is 5.19. The summed E-state index contributed by atoms with van der Waals surface area (Å²) in [6.07, 6.45) is 5.88. The van der Waals surface area contributed by atoms with E-state index in [-0.39, 0.29) is 11.4 Å². The van der Waals surface area contributed by atoms with E-state index in [9.17, 15) is 4.79 Å². The molecule has 0 atom stereocenters. The van der Waals surface area contributed by atoms with Crippen molar-refractivity contribution in [3.8, 4) is 0 Å². The summed E-state index contributed by atoms with van der Waals surface area (Å²) >= 11 is 0. The van der Waals surface area contributed by atoms with Gasteiger partial charge in [-0.1, -0.05) is 48.9 Å². The van der Waals surface area contributed by atoms with Crippen LogP contribution in [0.1, 0.15) is 43.2 Å². The van der Waals surface area contributed by atoms with Crippen molar-refractivity contribution in [1.82, 2.24) is 15.5 Å². The number of nitrogens with one attached hydrogen (secondary N) is 3. The largest absolute Gasteiger partial charge is 0.356 e. The van der Waals surface area contributed by atoms with Gasteiger partial charge in [-0.15, -0.1) is 0 Å².